The normalized spacial score (nSPS) is 11.4. The predicted octanol–water partition coefficient (Wildman–Crippen LogP) is 3.85. The van der Waals surface area contributed by atoms with Crippen LogP contribution in [0.1, 0.15) is 10.4 Å². The van der Waals surface area contributed by atoms with Crippen molar-refractivity contribution in [1.29, 1.82) is 0 Å². The molecule has 0 saturated heterocycles. The molecule has 0 aliphatic heterocycles. The van der Waals surface area contributed by atoms with Crippen LogP contribution in [0.3, 0.4) is 0 Å². The third kappa shape index (κ3) is 4.13. The monoisotopic (exact) mass is 437 g/mol. The zero-order valence-electron chi connectivity index (χ0n) is 12.6. The summed E-state index contributed by atoms with van der Waals surface area (Å²) in [5, 5.41) is 2.41. The summed E-state index contributed by atoms with van der Waals surface area (Å²) in [6.07, 6.45) is 0. The van der Waals surface area contributed by atoms with Gasteiger partial charge in [-0.05, 0) is 46.3 Å². The maximum atomic E-state index is 13.5. The lowest BCUT2D eigenvalue weighted by atomic mass is 10.2. The van der Waals surface area contributed by atoms with Gasteiger partial charge in [0.05, 0.1) is 22.2 Å². The number of halogens is 4. The van der Waals surface area contributed by atoms with E-state index < -0.39 is 32.2 Å². The van der Waals surface area contributed by atoms with Crippen molar-refractivity contribution < 1.29 is 31.1 Å². The lowest BCUT2D eigenvalue weighted by Gasteiger charge is -2.12. The Morgan fingerprint density at radius 2 is 1.80 bits per heavy atom. The SMILES string of the molecule is COc1c(Br)cc(F)cc1NC(=O)c1ccc(S(=O)(=O)C(F)F)cc1. The van der Waals surface area contributed by atoms with Gasteiger partial charge < -0.3 is 10.1 Å². The van der Waals surface area contributed by atoms with Crippen LogP contribution in [0.5, 0.6) is 5.75 Å². The zero-order chi connectivity index (χ0) is 18.8. The molecule has 25 heavy (non-hydrogen) atoms. The lowest BCUT2D eigenvalue weighted by Crippen LogP contribution is -2.14. The van der Waals surface area contributed by atoms with Gasteiger partial charge in [0, 0.05) is 11.6 Å². The van der Waals surface area contributed by atoms with Gasteiger partial charge in [-0.3, -0.25) is 4.79 Å². The Hall–Kier alpha value is -2.07. The quantitative estimate of drug-likeness (QED) is 0.770. The van der Waals surface area contributed by atoms with Crippen molar-refractivity contribution in [3.63, 3.8) is 0 Å². The number of sulfone groups is 1. The molecule has 5 nitrogen and oxygen atoms in total. The Balaban J connectivity index is 2.28. The molecule has 2 aromatic carbocycles. The molecule has 1 N–H and O–H groups in total. The average molecular weight is 438 g/mol. The summed E-state index contributed by atoms with van der Waals surface area (Å²) in [6, 6.07) is 6.14. The Kier molecular flexibility index (Phi) is 5.73. The minimum Gasteiger partial charge on any atom is -0.493 e. The van der Waals surface area contributed by atoms with Crippen LogP contribution in [0, 0.1) is 5.82 Å². The molecule has 0 aromatic heterocycles. The summed E-state index contributed by atoms with van der Waals surface area (Å²) >= 11 is 3.10. The molecule has 0 unspecified atom stereocenters. The zero-order valence-corrected chi connectivity index (χ0v) is 15.0. The van der Waals surface area contributed by atoms with Crippen molar-refractivity contribution in [1.82, 2.24) is 0 Å². The molecule has 2 aromatic rings. The van der Waals surface area contributed by atoms with Gasteiger partial charge in [0.25, 0.3) is 5.91 Å². The molecule has 0 fully saturated rings. The number of amides is 1. The van der Waals surface area contributed by atoms with E-state index >= 15 is 0 Å². The molecule has 134 valence electrons. The van der Waals surface area contributed by atoms with E-state index in [2.05, 4.69) is 21.2 Å². The first-order chi connectivity index (χ1) is 11.7. The number of hydrogen-bond donors (Lipinski definition) is 1. The summed E-state index contributed by atoms with van der Waals surface area (Å²) in [4.78, 5) is 11.6. The van der Waals surface area contributed by atoms with Crippen LogP contribution in [0.4, 0.5) is 18.9 Å². The third-order valence-corrected chi connectivity index (χ3v) is 5.13. The van der Waals surface area contributed by atoms with Crippen LogP contribution in [-0.2, 0) is 9.84 Å². The first-order valence-corrected chi connectivity index (χ1v) is 8.97. The lowest BCUT2D eigenvalue weighted by molar-refractivity contribution is 0.102. The molecule has 2 rings (SSSR count). The second-order valence-electron chi connectivity index (χ2n) is 4.75. The summed E-state index contributed by atoms with van der Waals surface area (Å²) in [5.74, 6) is -4.69. The second-order valence-corrected chi connectivity index (χ2v) is 7.52. The van der Waals surface area contributed by atoms with E-state index in [-0.39, 0.29) is 21.5 Å². The summed E-state index contributed by atoms with van der Waals surface area (Å²) in [6.45, 7) is 0. The number of hydrogen-bond acceptors (Lipinski definition) is 4. The van der Waals surface area contributed by atoms with E-state index in [4.69, 9.17) is 4.74 Å². The van der Waals surface area contributed by atoms with Gasteiger partial charge in [0.1, 0.15) is 5.82 Å². The number of ether oxygens (including phenoxy) is 1. The first kappa shape index (κ1) is 19.3. The Morgan fingerprint density at radius 1 is 1.20 bits per heavy atom. The Labute approximate surface area is 149 Å². The Morgan fingerprint density at radius 3 is 2.32 bits per heavy atom. The fraction of sp³-hybridized carbons (Fsp3) is 0.133. The predicted molar refractivity (Wildman–Crippen MR) is 88.2 cm³/mol. The topological polar surface area (TPSA) is 72.5 Å². The van der Waals surface area contributed by atoms with Gasteiger partial charge in [-0.15, -0.1) is 0 Å². The van der Waals surface area contributed by atoms with Crippen molar-refractivity contribution in [2.24, 2.45) is 0 Å². The van der Waals surface area contributed by atoms with Crippen molar-refractivity contribution in [2.75, 3.05) is 12.4 Å². The largest absolute Gasteiger partial charge is 0.493 e. The van der Waals surface area contributed by atoms with E-state index in [0.717, 1.165) is 36.4 Å². The third-order valence-electron chi connectivity index (χ3n) is 3.14. The Bertz CT molecular complexity index is 902. The van der Waals surface area contributed by atoms with Crippen LogP contribution >= 0.6 is 15.9 Å². The highest BCUT2D eigenvalue weighted by Gasteiger charge is 2.26. The molecule has 1 amide bonds. The van der Waals surface area contributed by atoms with Crippen molar-refractivity contribution in [3.05, 3.63) is 52.3 Å². The number of rotatable bonds is 5. The van der Waals surface area contributed by atoms with E-state index in [1.54, 1.807) is 0 Å². The van der Waals surface area contributed by atoms with Gasteiger partial charge >= 0.3 is 5.76 Å². The fourth-order valence-electron chi connectivity index (χ4n) is 1.95. The summed E-state index contributed by atoms with van der Waals surface area (Å²) in [5.41, 5.74) is 0.0410. The molecule has 0 radical (unpaired) electrons. The summed E-state index contributed by atoms with van der Waals surface area (Å²) in [7, 11) is -3.41. The van der Waals surface area contributed by atoms with Gasteiger partial charge in [0.15, 0.2) is 5.75 Å². The molecule has 0 spiro atoms. The average Bonchev–Trinajstić information content (AvgIpc) is 2.54. The first-order valence-electron chi connectivity index (χ1n) is 6.63. The smallest absolute Gasteiger partial charge is 0.341 e. The van der Waals surface area contributed by atoms with Crippen LogP contribution in [0.2, 0.25) is 0 Å². The highest BCUT2D eigenvalue weighted by Crippen LogP contribution is 2.34. The van der Waals surface area contributed by atoms with Gasteiger partial charge in [-0.2, -0.15) is 8.78 Å². The number of benzene rings is 2. The van der Waals surface area contributed by atoms with Crippen molar-refractivity contribution in [2.45, 2.75) is 10.7 Å². The summed E-state index contributed by atoms with van der Waals surface area (Å²) < 4.78 is 66.5. The van der Waals surface area contributed by atoms with Crippen LogP contribution in [0.15, 0.2) is 45.8 Å². The highest BCUT2D eigenvalue weighted by molar-refractivity contribution is 9.10. The molecule has 0 aliphatic carbocycles. The van der Waals surface area contributed by atoms with Gasteiger partial charge in [-0.25, -0.2) is 12.8 Å². The fourth-order valence-corrected chi connectivity index (χ4v) is 3.27. The molecular weight excluding hydrogens is 427 g/mol. The molecule has 0 aliphatic rings. The molecule has 0 atom stereocenters. The molecular formula is C15H11BrF3NO4S. The number of alkyl halides is 2. The number of carbonyl (C=O) groups is 1. The van der Waals surface area contributed by atoms with Crippen molar-refractivity contribution in [3.8, 4) is 5.75 Å². The minimum absolute atomic E-state index is 0.00402. The minimum atomic E-state index is -4.74. The maximum absolute atomic E-state index is 13.5. The van der Waals surface area contributed by atoms with E-state index in [0.29, 0.717) is 0 Å². The number of anilines is 1. The molecule has 10 heteroatoms. The number of methoxy groups -OCH3 is 1. The highest BCUT2D eigenvalue weighted by atomic mass is 79.9. The number of carbonyl (C=O) groups excluding carboxylic acids is 1. The van der Waals surface area contributed by atoms with Crippen LogP contribution in [-0.4, -0.2) is 27.2 Å². The number of nitrogens with one attached hydrogen (secondary N) is 1. The van der Waals surface area contributed by atoms with E-state index in [9.17, 15) is 26.4 Å². The standard InChI is InChI=1S/C15H11BrF3NO4S/c1-24-13-11(16)6-9(17)7-12(13)20-14(21)8-2-4-10(5-3-8)25(22,23)15(18)19/h2-7,15H,1H3,(H,20,21). The molecule has 0 heterocycles. The van der Waals surface area contributed by atoms with Crippen LogP contribution < -0.4 is 10.1 Å². The van der Waals surface area contributed by atoms with Crippen LogP contribution in [0.25, 0.3) is 0 Å². The second kappa shape index (κ2) is 7.44. The van der Waals surface area contributed by atoms with Gasteiger partial charge in [0.2, 0.25) is 9.84 Å². The molecule has 0 saturated carbocycles. The van der Waals surface area contributed by atoms with Crippen molar-refractivity contribution >= 4 is 37.4 Å². The van der Waals surface area contributed by atoms with E-state index in [1.165, 1.54) is 7.11 Å². The van der Waals surface area contributed by atoms with Gasteiger partial charge in [-0.1, -0.05) is 0 Å². The molecule has 0 bridgehead atoms. The van der Waals surface area contributed by atoms with E-state index in [1.807, 2.05) is 0 Å². The maximum Gasteiger partial charge on any atom is 0.341 e.